The number of nitrogens with zero attached hydrogens (tertiary/aromatic N) is 2. The lowest BCUT2D eigenvalue weighted by Crippen LogP contribution is -2.06. The second kappa shape index (κ2) is 8.35. The molecule has 2 heterocycles. The SMILES string of the molecule is CCCc1ccc(OC)c(-c2nc3sc(CC(=O)OCC)cn3c2C=O)c1. The van der Waals surface area contributed by atoms with Gasteiger partial charge in [0.2, 0.25) is 0 Å². The lowest BCUT2D eigenvalue weighted by Gasteiger charge is -2.09. The molecule has 0 N–H and O–H groups in total. The number of methoxy groups -OCH3 is 1. The molecule has 0 aliphatic carbocycles. The van der Waals surface area contributed by atoms with Gasteiger partial charge in [0, 0.05) is 16.6 Å². The molecule has 3 rings (SSSR count). The summed E-state index contributed by atoms with van der Waals surface area (Å²) in [6.07, 6.45) is 4.72. The fourth-order valence-corrected chi connectivity index (χ4v) is 4.01. The summed E-state index contributed by atoms with van der Waals surface area (Å²) in [5.74, 6) is 0.388. The van der Waals surface area contributed by atoms with Gasteiger partial charge in [-0.1, -0.05) is 19.4 Å². The average Bonchev–Trinajstić information content (AvgIpc) is 3.18. The Labute approximate surface area is 161 Å². The van der Waals surface area contributed by atoms with Crippen molar-refractivity contribution in [1.29, 1.82) is 0 Å². The Morgan fingerprint density at radius 2 is 2.15 bits per heavy atom. The van der Waals surface area contributed by atoms with Crippen molar-refractivity contribution in [3.05, 3.63) is 40.5 Å². The summed E-state index contributed by atoms with van der Waals surface area (Å²) in [5, 5.41) is 0. The number of esters is 1. The van der Waals surface area contributed by atoms with Crippen LogP contribution < -0.4 is 4.74 Å². The molecule has 0 fully saturated rings. The van der Waals surface area contributed by atoms with E-state index in [1.807, 2.05) is 18.2 Å². The van der Waals surface area contributed by atoms with Crippen molar-refractivity contribution in [2.75, 3.05) is 13.7 Å². The maximum absolute atomic E-state index is 11.8. The molecule has 0 saturated carbocycles. The van der Waals surface area contributed by atoms with Gasteiger partial charge >= 0.3 is 5.97 Å². The maximum Gasteiger partial charge on any atom is 0.311 e. The number of carbonyl (C=O) groups excluding carboxylic acids is 2. The standard InChI is InChI=1S/C20H22N2O4S/c1-4-6-13-7-8-17(25-3)15(9-13)19-16(12-23)22-11-14(27-20(22)21-19)10-18(24)26-5-2/h7-9,11-12H,4-6,10H2,1-3H3. The molecule has 0 bridgehead atoms. The topological polar surface area (TPSA) is 69.9 Å². The summed E-state index contributed by atoms with van der Waals surface area (Å²) < 4.78 is 12.2. The zero-order chi connectivity index (χ0) is 19.4. The zero-order valence-corrected chi connectivity index (χ0v) is 16.5. The van der Waals surface area contributed by atoms with E-state index < -0.39 is 0 Å². The van der Waals surface area contributed by atoms with Crippen molar-refractivity contribution in [1.82, 2.24) is 9.38 Å². The Balaban J connectivity index is 2.05. The number of imidazole rings is 1. The summed E-state index contributed by atoms with van der Waals surface area (Å²) in [7, 11) is 1.61. The van der Waals surface area contributed by atoms with E-state index in [-0.39, 0.29) is 12.4 Å². The molecule has 6 nitrogen and oxygen atoms in total. The molecule has 7 heteroatoms. The van der Waals surface area contributed by atoms with Crippen LogP contribution in [0.15, 0.2) is 24.4 Å². The molecule has 142 valence electrons. The van der Waals surface area contributed by atoms with Crippen molar-refractivity contribution >= 4 is 28.6 Å². The Hall–Kier alpha value is -2.67. The third-order valence-corrected chi connectivity index (χ3v) is 5.19. The minimum absolute atomic E-state index is 0.171. The Morgan fingerprint density at radius 1 is 1.33 bits per heavy atom. The van der Waals surface area contributed by atoms with Crippen LogP contribution in [0.4, 0.5) is 0 Å². The number of thiazole rings is 1. The zero-order valence-electron chi connectivity index (χ0n) is 15.7. The quantitative estimate of drug-likeness (QED) is 0.433. The van der Waals surface area contributed by atoms with Gasteiger partial charge in [-0.25, -0.2) is 4.98 Å². The first-order chi connectivity index (χ1) is 13.1. The first-order valence-electron chi connectivity index (χ1n) is 8.90. The number of rotatable bonds is 8. The average molecular weight is 386 g/mol. The molecular weight excluding hydrogens is 364 g/mol. The van der Waals surface area contributed by atoms with Crippen molar-refractivity contribution in [2.24, 2.45) is 0 Å². The molecular formula is C20H22N2O4S. The van der Waals surface area contributed by atoms with Crippen LogP contribution in [0.25, 0.3) is 16.2 Å². The lowest BCUT2D eigenvalue weighted by atomic mass is 10.0. The predicted octanol–water partition coefficient (Wildman–Crippen LogP) is 3.94. The molecule has 0 aliphatic heterocycles. The van der Waals surface area contributed by atoms with Crippen LogP contribution in [-0.4, -0.2) is 35.4 Å². The van der Waals surface area contributed by atoms with Crippen molar-refractivity contribution in [3.63, 3.8) is 0 Å². The molecule has 0 atom stereocenters. The predicted molar refractivity (Wildman–Crippen MR) is 105 cm³/mol. The van der Waals surface area contributed by atoms with Gasteiger partial charge in [0.05, 0.1) is 20.1 Å². The van der Waals surface area contributed by atoms with Crippen LogP contribution in [0, 0.1) is 0 Å². The van der Waals surface area contributed by atoms with Crippen LogP contribution in [-0.2, 0) is 22.4 Å². The number of carbonyl (C=O) groups is 2. The molecule has 0 aliphatic rings. The van der Waals surface area contributed by atoms with Crippen LogP contribution in [0.5, 0.6) is 5.75 Å². The summed E-state index contributed by atoms with van der Waals surface area (Å²) >= 11 is 1.38. The number of ether oxygens (including phenoxy) is 2. The number of aldehydes is 1. The number of hydrogen-bond acceptors (Lipinski definition) is 6. The van der Waals surface area contributed by atoms with Gasteiger partial charge in [0.1, 0.15) is 17.1 Å². The smallest absolute Gasteiger partial charge is 0.311 e. The lowest BCUT2D eigenvalue weighted by molar-refractivity contribution is -0.142. The second-order valence-electron chi connectivity index (χ2n) is 6.08. The molecule has 1 aromatic carbocycles. The third kappa shape index (κ3) is 3.88. The maximum atomic E-state index is 11.8. The van der Waals surface area contributed by atoms with Gasteiger partial charge in [-0.15, -0.1) is 11.3 Å². The highest BCUT2D eigenvalue weighted by Gasteiger charge is 2.20. The first-order valence-corrected chi connectivity index (χ1v) is 9.71. The van der Waals surface area contributed by atoms with Gasteiger partial charge < -0.3 is 9.47 Å². The summed E-state index contributed by atoms with van der Waals surface area (Å²) in [6.45, 7) is 4.24. The highest BCUT2D eigenvalue weighted by atomic mass is 32.1. The number of fused-ring (bicyclic) bond motifs is 1. The molecule has 0 spiro atoms. The van der Waals surface area contributed by atoms with Gasteiger partial charge in [0.15, 0.2) is 11.2 Å². The molecule has 2 aromatic heterocycles. The van der Waals surface area contributed by atoms with Crippen LogP contribution in [0.1, 0.15) is 41.2 Å². The Morgan fingerprint density at radius 3 is 2.81 bits per heavy atom. The highest BCUT2D eigenvalue weighted by molar-refractivity contribution is 7.17. The fraction of sp³-hybridized carbons (Fsp3) is 0.350. The normalized spacial score (nSPS) is 10.9. The monoisotopic (exact) mass is 386 g/mol. The molecule has 3 aromatic rings. The van der Waals surface area contributed by atoms with Gasteiger partial charge in [0.25, 0.3) is 0 Å². The Kier molecular flexibility index (Phi) is 5.91. The first kappa shape index (κ1) is 19.1. The van der Waals surface area contributed by atoms with E-state index >= 15 is 0 Å². The number of aromatic nitrogens is 2. The molecule has 0 radical (unpaired) electrons. The van der Waals surface area contributed by atoms with Crippen molar-refractivity contribution in [3.8, 4) is 17.0 Å². The molecule has 0 amide bonds. The van der Waals surface area contributed by atoms with Crippen LogP contribution in [0.2, 0.25) is 0 Å². The number of hydrogen-bond donors (Lipinski definition) is 0. The number of aryl methyl sites for hydroxylation is 1. The van der Waals surface area contributed by atoms with Gasteiger partial charge in [-0.05, 0) is 31.0 Å². The van der Waals surface area contributed by atoms with Crippen molar-refractivity contribution in [2.45, 2.75) is 33.1 Å². The van der Waals surface area contributed by atoms with E-state index in [1.165, 1.54) is 16.9 Å². The molecule has 0 saturated heterocycles. The Bertz CT molecular complexity index is 974. The highest BCUT2D eigenvalue weighted by Crippen LogP contribution is 2.34. The minimum atomic E-state index is -0.288. The van der Waals surface area contributed by atoms with E-state index in [9.17, 15) is 9.59 Å². The van der Waals surface area contributed by atoms with E-state index in [4.69, 9.17) is 9.47 Å². The second-order valence-corrected chi connectivity index (χ2v) is 7.17. The molecule has 27 heavy (non-hydrogen) atoms. The minimum Gasteiger partial charge on any atom is -0.496 e. The van der Waals surface area contributed by atoms with E-state index in [1.54, 1.807) is 24.6 Å². The van der Waals surface area contributed by atoms with Crippen LogP contribution >= 0.6 is 11.3 Å². The van der Waals surface area contributed by atoms with Gasteiger partial charge in [-0.3, -0.25) is 14.0 Å². The van der Waals surface area contributed by atoms with E-state index in [2.05, 4.69) is 11.9 Å². The summed E-state index contributed by atoms with van der Waals surface area (Å²) in [5.41, 5.74) is 3.01. The summed E-state index contributed by atoms with van der Waals surface area (Å²) in [4.78, 5) is 29.7. The largest absolute Gasteiger partial charge is 0.496 e. The van der Waals surface area contributed by atoms with Crippen molar-refractivity contribution < 1.29 is 19.1 Å². The van der Waals surface area contributed by atoms with Crippen LogP contribution in [0.3, 0.4) is 0 Å². The third-order valence-electron chi connectivity index (χ3n) is 4.20. The molecule has 0 unspecified atom stereocenters. The summed E-state index contributed by atoms with van der Waals surface area (Å²) in [6, 6.07) is 5.97. The van der Waals surface area contributed by atoms with E-state index in [0.717, 1.165) is 29.6 Å². The fourth-order valence-electron chi connectivity index (χ4n) is 3.04. The number of benzene rings is 1. The van der Waals surface area contributed by atoms with Gasteiger partial charge in [-0.2, -0.15) is 0 Å². The van der Waals surface area contributed by atoms with E-state index in [0.29, 0.717) is 28.7 Å².